The number of carboxylic acid groups (broad SMARTS) is 1. The summed E-state index contributed by atoms with van der Waals surface area (Å²) in [7, 11) is -7.73. The van der Waals surface area contributed by atoms with E-state index in [9.17, 15) is 22.6 Å². The van der Waals surface area contributed by atoms with Crippen molar-refractivity contribution in [3.05, 3.63) is 154 Å². The molecule has 20 heteroatoms. The van der Waals surface area contributed by atoms with Crippen LogP contribution in [0.15, 0.2) is 161 Å². The van der Waals surface area contributed by atoms with Crippen LogP contribution in [0, 0.1) is 27.7 Å². The first kappa shape index (κ1) is 47.0. The lowest BCUT2D eigenvalue weighted by Crippen LogP contribution is -2.00. The number of carbonyl (C=O) groups is 2. The van der Waals surface area contributed by atoms with E-state index in [0.717, 1.165) is 27.8 Å². The molecular formula is C44H36N8O10S2. The quantitative estimate of drug-likeness (QED) is 0.0451. The Hall–Kier alpha value is -8.07. The topological polar surface area (TPSA) is 268 Å². The van der Waals surface area contributed by atoms with Crippen LogP contribution in [-0.4, -0.2) is 43.1 Å². The van der Waals surface area contributed by atoms with E-state index in [1.165, 1.54) is 24.3 Å². The minimum atomic E-state index is -4.62. The molecule has 0 bridgehead atoms. The Labute approximate surface area is 368 Å². The number of aromatic carboxylic acids is 1. The van der Waals surface area contributed by atoms with E-state index in [1.807, 2.05) is 39.8 Å². The second-order valence-electron chi connectivity index (χ2n) is 13.5. The molecule has 6 aromatic carbocycles. The van der Waals surface area contributed by atoms with Crippen molar-refractivity contribution in [3.63, 3.8) is 0 Å². The number of carboxylic acids is 1. The zero-order valence-corrected chi connectivity index (χ0v) is 35.9. The number of ether oxygens (including phenoxy) is 1. The molecule has 6 rings (SSSR count). The van der Waals surface area contributed by atoms with E-state index in [1.54, 1.807) is 91.0 Å². The first-order chi connectivity index (χ1) is 30.5. The largest absolute Gasteiger partial charge is 0.478 e. The zero-order chi connectivity index (χ0) is 46.4. The Bertz CT molecular complexity index is 3080. The van der Waals surface area contributed by atoms with Crippen molar-refractivity contribution < 1.29 is 45.0 Å². The summed E-state index contributed by atoms with van der Waals surface area (Å²) in [5, 5.41) is 43.5. The molecule has 0 radical (unpaired) electrons. The van der Waals surface area contributed by atoms with Gasteiger partial charge in [0.2, 0.25) is 0 Å². The van der Waals surface area contributed by atoms with Gasteiger partial charge >= 0.3 is 16.6 Å². The molecule has 0 saturated heterocycles. The molecule has 0 spiro atoms. The normalized spacial score (nSPS) is 11.7. The molecule has 0 aliphatic rings. The molecule has 6 aromatic rings. The second kappa shape index (κ2) is 21.6. The Morgan fingerprint density at radius 3 is 1.31 bits per heavy atom. The van der Waals surface area contributed by atoms with Crippen LogP contribution in [0.4, 0.5) is 45.5 Å². The van der Waals surface area contributed by atoms with Crippen molar-refractivity contribution in [1.82, 2.24) is 0 Å². The molecule has 0 amide bonds. The van der Waals surface area contributed by atoms with Gasteiger partial charge in [0.05, 0.1) is 51.1 Å². The van der Waals surface area contributed by atoms with Crippen LogP contribution in [0.25, 0.3) is 12.2 Å². The highest BCUT2D eigenvalue weighted by atomic mass is 32.2. The fraction of sp³-hybridized carbons (Fsp3) is 0.0909. The second-order valence-corrected chi connectivity index (χ2v) is 15.3. The van der Waals surface area contributed by atoms with Gasteiger partial charge in [0.1, 0.15) is 10.6 Å². The number of nitrogens with zero attached hydrogens (tertiary/aromatic N) is 8. The van der Waals surface area contributed by atoms with Crippen LogP contribution in [0.3, 0.4) is 0 Å². The third kappa shape index (κ3) is 13.7. The predicted molar refractivity (Wildman–Crippen MR) is 236 cm³/mol. The average Bonchev–Trinajstić information content (AvgIpc) is 3.25. The van der Waals surface area contributed by atoms with Crippen molar-refractivity contribution in [2.75, 3.05) is 0 Å². The van der Waals surface area contributed by atoms with Crippen molar-refractivity contribution in [2.24, 2.45) is 40.9 Å². The Morgan fingerprint density at radius 1 is 0.547 bits per heavy atom. The lowest BCUT2D eigenvalue weighted by Gasteiger charge is -2.06. The highest BCUT2D eigenvalue weighted by Crippen LogP contribution is 2.34. The van der Waals surface area contributed by atoms with Gasteiger partial charge in [-0.1, -0.05) is 30.4 Å². The lowest BCUT2D eigenvalue weighted by atomic mass is 10.1. The molecular weight excluding hydrogens is 865 g/mol. The molecule has 0 atom stereocenters. The van der Waals surface area contributed by atoms with Crippen LogP contribution < -0.4 is 4.74 Å². The fourth-order valence-corrected chi connectivity index (χ4v) is 6.25. The lowest BCUT2D eigenvalue weighted by molar-refractivity contribution is -0.120. The van der Waals surface area contributed by atoms with Gasteiger partial charge < -0.3 is 9.84 Å². The molecule has 2 N–H and O–H groups in total. The van der Waals surface area contributed by atoms with Gasteiger partial charge in [0.15, 0.2) is 0 Å². The van der Waals surface area contributed by atoms with Gasteiger partial charge in [0.25, 0.3) is 16.6 Å². The number of azo groups is 4. The fourth-order valence-electron chi connectivity index (χ4n) is 5.55. The number of hydrogen-bond acceptors (Lipinski definition) is 16. The summed E-state index contributed by atoms with van der Waals surface area (Å²) in [5.74, 6) is -0.621. The average molecular weight is 901 g/mol. The van der Waals surface area contributed by atoms with Crippen LogP contribution in [-0.2, 0) is 25.5 Å². The van der Waals surface area contributed by atoms with E-state index in [-0.39, 0.29) is 21.7 Å². The third-order valence-corrected chi connectivity index (χ3v) is 9.79. The number of carbonyl (C=O) groups excluding carboxylic acids is 1. The first-order valence-electron chi connectivity index (χ1n) is 18.6. The summed E-state index contributed by atoms with van der Waals surface area (Å²) in [4.78, 5) is 21.3. The number of aryl methyl sites for hydroxylation is 4. The minimum absolute atomic E-state index is 0.168. The van der Waals surface area contributed by atoms with Crippen LogP contribution in [0.5, 0.6) is 5.75 Å². The highest BCUT2D eigenvalue weighted by Gasteiger charge is 2.15. The molecule has 18 nitrogen and oxygen atoms in total. The monoisotopic (exact) mass is 900 g/mol. The summed E-state index contributed by atoms with van der Waals surface area (Å²) >= 11 is 0. The van der Waals surface area contributed by atoms with E-state index >= 15 is 0 Å². The maximum Gasteiger partial charge on any atom is 0.425 e. The van der Waals surface area contributed by atoms with E-state index in [0.29, 0.717) is 52.0 Å². The Balaban J connectivity index is 0.00000185. The predicted octanol–water partition coefficient (Wildman–Crippen LogP) is 12.2. The van der Waals surface area contributed by atoms with Crippen LogP contribution in [0.1, 0.15) is 43.7 Å². The first-order valence-corrected chi connectivity index (χ1v) is 21.0. The summed E-state index contributed by atoms with van der Waals surface area (Å²) < 4.78 is 65.0. The van der Waals surface area contributed by atoms with E-state index in [2.05, 4.69) is 40.9 Å². The van der Waals surface area contributed by atoms with Gasteiger partial charge in [0, 0.05) is 0 Å². The molecule has 0 heterocycles. The summed E-state index contributed by atoms with van der Waals surface area (Å²) in [6.07, 6.45) is 3.28. The summed E-state index contributed by atoms with van der Waals surface area (Å²) in [6.45, 7) is 7.79. The molecule has 0 saturated carbocycles. The SMILES string of the molecule is Cc1cc(N=Nc2ccc(C(=O)O)cc2)c(C)cc1N=Nc1ccc(C=Cc2ccc(N=Nc3cc(C)c(N=Nc4ccc(OC=O)cc4)cc3C)cc2S(=O)(=O)O)cc1.O=S(=O)=O. The van der Waals surface area contributed by atoms with Gasteiger partial charge in [-0.15, -0.1) is 12.6 Å². The highest BCUT2D eigenvalue weighted by molar-refractivity contribution is 7.86. The third-order valence-electron chi connectivity index (χ3n) is 8.88. The van der Waals surface area contributed by atoms with Crippen LogP contribution in [0.2, 0.25) is 0 Å². The summed E-state index contributed by atoms with van der Waals surface area (Å²) in [6, 6.07) is 31.4. The smallest absolute Gasteiger partial charge is 0.425 e. The molecule has 0 aromatic heterocycles. The van der Waals surface area contributed by atoms with Gasteiger partial charge in [-0.05, 0) is 158 Å². The molecule has 0 aliphatic heterocycles. The minimum Gasteiger partial charge on any atom is -0.478 e. The van der Waals surface area contributed by atoms with Gasteiger partial charge in [-0.3, -0.25) is 9.35 Å². The zero-order valence-electron chi connectivity index (χ0n) is 34.3. The van der Waals surface area contributed by atoms with Crippen molar-refractivity contribution in [2.45, 2.75) is 32.6 Å². The molecule has 0 unspecified atom stereocenters. The van der Waals surface area contributed by atoms with Gasteiger partial charge in [-0.25, -0.2) is 4.79 Å². The molecule has 0 aliphatic carbocycles. The number of benzene rings is 6. The number of rotatable bonds is 14. The molecule has 64 heavy (non-hydrogen) atoms. The summed E-state index contributed by atoms with van der Waals surface area (Å²) in [5.41, 5.74) is 8.67. The number of hydrogen-bond donors (Lipinski definition) is 2. The van der Waals surface area contributed by atoms with E-state index in [4.69, 9.17) is 22.5 Å². The van der Waals surface area contributed by atoms with Crippen LogP contribution >= 0.6 is 0 Å². The Morgan fingerprint density at radius 2 is 0.922 bits per heavy atom. The van der Waals surface area contributed by atoms with Crippen molar-refractivity contribution in [1.29, 1.82) is 0 Å². The molecule has 324 valence electrons. The van der Waals surface area contributed by atoms with Crippen molar-refractivity contribution in [3.8, 4) is 5.75 Å². The van der Waals surface area contributed by atoms with Gasteiger partial charge in [-0.2, -0.15) is 49.3 Å². The Kier molecular flexibility index (Phi) is 15.9. The van der Waals surface area contributed by atoms with Crippen molar-refractivity contribution >= 4 is 90.8 Å². The standard InChI is InChI=1S/C44H36N8O7S.O3S/c1-27-22-40(50-46-35-14-10-33(11-15-35)44(54)55)28(2)21-39(27)49-45-34-12-6-31(7-13-34)5-8-32-9-16-37(25-43(32)60(56,57)58)48-52-42-24-29(3)41(23-30(42)4)51-47-36-17-19-38(20-18-36)59-26-53;1-4(2)3/h5-26H,1-4H3,(H,54,55)(H,56,57,58);. The maximum absolute atomic E-state index is 12.4. The maximum atomic E-state index is 12.4. The molecule has 0 fully saturated rings. The van der Waals surface area contributed by atoms with E-state index < -0.39 is 26.7 Å².